The summed E-state index contributed by atoms with van der Waals surface area (Å²) < 4.78 is 5.25. The van der Waals surface area contributed by atoms with Gasteiger partial charge in [-0.2, -0.15) is 0 Å². The van der Waals surface area contributed by atoms with Crippen molar-refractivity contribution in [3.05, 3.63) is 77.5 Å². The van der Waals surface area contributed by atoms with Gasteiger partial charge < -0.3 is 10.5 Å². The Kier molecular flexibility index (Phi) is 5.33. The van der Waals surface area contributed by atoms with Crippen LogP contribution in [0.1, 0.15) is 16.8 Å². The number of ether oxygens (including phenoxy) is 1. The van der Waals surface area contributed by atoms with E-state index in [1.165, 1.54) is 5.56 Å². The number of benzene rings is 2. The lowest BCUT2D eigenvalue weighted by molar-refractivity contribution is 0.414. The number of methoxy groups -OCH3 is 1. The highest BCUT2D eigenvalue weighted by Crippen LogP contribution is 2.23. The SMILES string of the molecule is COc1cccc(CSc2nc(N)cc(Cc3ccccc3)n2)c1. The second-order valence-corrected chi connectivity index (χ2v) is 6.31. The summed E-state index contributed by atoms with van der Waals surface area (Å²) in [6, 6.07) is 20.1. The molecular weight excluding hydrogens is 318 g/mol. The first-order valence-electron chi connectivity index (χ1n) is 7.66. The normalized spacial score (nSPS) is 10.5. The molecule has 0 bridgehead atoms. The molecule has 0 amide bonds. The maximum Gasteiger partial charge on any atom is 0.190 e. The van der Waals surface area contributed by atoms with Gasteiger partial charge in [0.15, 0.2) is 5.16 Å². The van der Waals surface area contributed by atoms with Crippen LogP contribution < -0.4 is 10.5 Å². The predicted octanol–water partition coefficient (Wildman–Crippen LogP) is 3.95. The van der Waals surface area contributed by atoms with Gasteiger partial charge in [-0.15, -0.1) is 0 Å². The number of thioether (sulfide) groups is 1. The van der Waals surface area contributed by atoms with Gasteiger partial charge in [0, 0.05) is 18.2 Å². The van der Waals surface area contributed by atoms with E-state index in [0.29, 0.717) is 11.0 Å². The molecule has 0 radical (unpaired) electrons. The summed E-state index contributed by atoms with van der Waals surface area (Å²) in [6.45, 7) is 0. The van der Waals surface area contributed by atoms with Crippen LogP contribution in [0.2, 0.25) is 0 Å². The van der Waals surface area contributed by atoms with Gasteiger partial charge in [-0.05, 0) is 23.3 Å². The molecule has 4 nitrogen and oxygen atoms in total. The summed E-state index contributed by atoms with van der Waals surface area (Å²) in [5.74, 6) is 2.13. The van der Waals surface area contributed by atoms with E-state index >= 15 is 0 Å². The Morgan fingerprint density at radius 2 is 1.75 bits per heavy atom. The van der Waals surface area contributed by atoms with Gasteiger partial charge in [0.25, 0.3) is 0 Å². The molecular formula is C19H19N3OS. The van der Waals surface area contributed by atoms with E-state index in [-0.39, 0.29) is 0 Å². The van der Waals surface area contributed by atoms with E-state index < -0.39 is 0 Å². The predicted molar refractivity (Wildman–Crippen MR) is 98.2 cm³/mol. The second-order valence-electron chi connectivity index (χ2n) is 5.37. The van der Waals surface area contributed by atoms with Crippen molar-refractivity contribution in [3.63, 3.8) is 0 Å². The maximum atomic E-state index is 5.94. The first-order chi connectivity index (χ1) is 11.7. The van der Waals surface area contributed by atoms with Crippen molar-refractivity contribution in [1.82, 2.24) is 9.97 Å². The lowest BCUT2D eigenvalue weighted by Crippen LogP contribution is -2.00. The molecule has 24 heavy (non-hydrogen) atoms. The second kappa shape index (κ2) is 7.84. The van der Waals surface area contributed by atoms with Crippen LogP contribution in [0.15, 0.2) is 65.8 Å². The molecule has 0 saturated heterocycles. The molecule has 3 aromatic rings. The summed E-state index contributed by atoms with van der Waals surface area (Å²) in [6.07, 6.45) is 0.750. The Morgan fingerprint density at radius 1 is 0.958 bits per heavy atom. The number of anilines is 1. The van der Waals surface area contributed by atoms with Crippen molar-refractivity contribution >= 4 is 17.6 Å². The molecule has 2 aromatic carbocycles. The van der Waals surface area contributed by atoms with Crippen molar-refractivity contribution < 1.29 is 4.74 Å². The molecule has 1 aromatic heterocycles. The molecule has 0 unspecified atom stereocenters. The van der Waals surface area contributed by atoms with Gasteiger partial charge in [-0.25, -0.2) is 9.97 Å². The monoisotopic (exact) mass is 337 g/mol. The number of hydrogen-bond acceptors (Lipinski definition) is 5. The summed E-state index contributed by atoms with van der Waals surface area (Å²) in [5.41, 5.74) is 9.25. The zero-order valence-corrected chi connectivity index (χ0v) is 14.3. The molecule has 0 saturated carbocycles. The number of aromatic nitrogens is 2. The minimum atomic E-state index is 0.504. The summed E-state index contributed by atoms with van der Waals surface area (Å²) in [7, 11) is 1.67. The van der Waals surface area contributed by atoms with Gasteiger partial charge in [-0.1, -0.05) is 54.2 Å². The Bertz CT molecular complexity index is 809. The maximum absolute atomic E-state index is 5.94. The molecule has 1 heterocycles. The molecule has 2 N–H and O–H groups in total. The topological polar surface area (TPSA) is 61.0 Å². The van der Waals surface area contributed by atoms with Crippen LogP contribution in [0.5, 0.6) is 5.75 Å². The van der Waals surface area contributed by atoms with Crippen LogP contribution in [-0.4, -0.2) is 17.1 Å². The first-order valence-corrected chi connectivity index (χ1v) is 8.64. The molecule has 0 atom stereocenters. The fraction of sp³-hybridized carbons (Fsp3) is 0.158. The van der Waals surface area contributed by atoms with E-state index in [9.17, 15) is 0 Å². The largest absolute Gasteiger partial charge is 0.497 e. The Labute approximate surface area is 146 Å². The van der Waals surface area contributed by atoms with Crippen molar-refractivity contribution in [2.45, 2.75) is 17.3 Å². The van der Waals surface area contributed by atoms with Crippen LogP contribution in [0.4, 0.5) is 5.82 Å². The summed E-state index contributed by atoms with van der Waals surface area (Å²) in [5, 5.41) is 0.698. The first kappa shape index (κ1) is 16.3. The van der Waals surface area contributed by atoms with Crippen LogP contribution in [-0.2, 0) is 12.2 Å². The fourth-order valence-electron chi connectivity index (χ4n) is 2.36. The minimum Gasteiger partial charge on any atom is -0.497 e. The van der Waals surface area contributed by atoms with Gasteiger partial charge in [0.2, 0.25) is 0 Å². The molecule has 0 fully saturated rings. The molecule has 5 heteroatoms. The Hall–Kier alpha value is -2.53. The van der Waals surface area contributed by atoms with Gasteiger partial charge in [-0.3, -0.25) is 0 Å². The number of nitrogen functional groups attached to an aromatic ring is 1. The van der Waals surface area contributed by atoms with Gasteiger partial charge >= 0.3 is 0 Å². The minimum absolute atomic E-state index is 0.504. The lowest BCUT2D eigenvalue weighted by atomic mass is 10.1. The van der Waals surface area contributed by atoms with Crippen LogP contribution in [0, 0.1) is 0 Å². The van der Waals surface area contributed by atoms with Crippen LogP contribution in [0.25, 0.3) is 0 Å². The van der Waals surface area contributed by atoms with Crippen LogP contribution in [0.3, 0.4) is 0 Å². The number of nitrogens with zero attached hydrogens (tertiary/aromatic N) is 2. The van der Waals surface area contributed by atoms with Gasteiger partial charge in [0.1, 0.15) is 11.6 Å². The van der Waals surface area contributed by atoms with E-state index in [2.05, 4.69) is 28.2 Å². The Balaban J connectivity index is 1.71. The fourth-order valence-corrected chi connectivity index (χ4v) is 3.19. The lowest BCUT2D eigenvalue weighted by Gasteiger charge is -2.07. The molecule has 0 aliphatic rings. The number of rotatable bonds is 6. The van der Waals surface area contributed by atoms with E-state index in [1.807, 2.05) is 42.5 Å². The highest BCUT2D eigenvalue weighted by Gasteiger charge is 2.06. The van der Waals surface area contributed by atoms with Crippen molar-refractivity contribution in [2.75, 3.05) is 12.8 Å². The van der Waals surface area contributed by atoms with E-state index in [0.717, 1.165) is 29.2 Å². The average Bonchev–Trinajstić information content (AvgIpc) is 2.60. The van der Waals surface area contributed by atoms with Crippen molar-refractivity contribution in [3.8, 4) is 5.75 Å². The summed E-state index contributed by atoms with van der Waals surface area (Å²) in [4.78, 5) is 8.96. The molecule has 0 aliphatic carbocycles. The van der Waals surface area contributed by atoms with E-state index in [4.69, 9.17) is 10.5 Å². The van der Waals surface area contributed by atoms with Crippen molar-refractivity contribution in [1.29, 1.82) is 0 Å². The zero-order chi connectivity index (χ0) is 16.8. The highest BCUT2D eigenvalue weighted by atomic mass is 32.2. The van der Waals surface area contributed by atoms with E-state index in [1.54, 1.807) is 18.9 Å². The third-order valence-corrected chi connectivity index (χ3v) is 4.43. The molecule has 0 aliphatic heterocycles. The number of nitrogens with two attached hydrogens (primary N) is 1. The third-order valence-electron chi connectivity index (χ3n) is 3.51. The average molecular weight is 337 g/mol. The molecule has 3 rings (SSSR count). The van der Waals surface area contributed by atoms with Crippen molar-refractivity contribution in [2.24, 2.45) is 0 Å². The van der Waals surface area contributed by atoms with Gasteiger partial charge in [0.05, 0.1) is 12.8 Å². The Morgan fingerprint density at radius 3 is 2.54 bits per heavy atom. The smallest absolute Gasteiger partial charge is 0.190 e. The number of hydrogen-bond donors (Lipinski definition) is 1. The van der Waals surface area contributed by atoms with Crippen LogP contribution >= 0.6 is 11.8 Å². The zero-order valence-electron chi connectivity index (χ0n) is 13.5. The molecule has 122 valence electrons. The third kappa shape index (κ3) is 4.49. The molecule has 0 spiro atoms. The highest BCUT2D eigenvalue weighted by molar-refractivity contribution is 7.98. The quantitative estimate of drug-likeness (QED) is 0.545. The summed E-state index contributed by atoms with van der Waals surface area (Å²) >= 11 is 1.57. The standard InChI is InChI=1S/C19H19N3OS/c1-23-17-9-5-8-15(11-17)13-24-19-21-16(12-18(20)22-19)10-14-6-3-2-4-7-14/h2-9,11-12H,10,13H2,1H3,(H2,20,21,22).